The lowest BCUT2D eigenvalue weighted by molar-refractivity contribution is -0.150. The van der Waals surface area contributed by atoms with E-state index in [0.29, 0.717) is 6.04 Å². The van der Waals surface area contributed by atoms with Gasteiger partial charge in [0.1, 0.15) is 0 Å². The predicted octanol–water partition coefficient (Wildman–Crippen LogP) is 3.13. The van der Waals surface area contributed by atoms with Crippen molar-refractivity contribution < 1.29 is 9.47 Å². The van der Waals surface area contributed by atoms with Crippen LogP contribution in [-0.4, -0.2) is 38.0 Å². The van der Waals surface area contributed by atoms with Gasteiger partial charge in [0.05, 0.1) is 5.60 Å². The summed E-state index contributed by atoms with van der Waals surface area (Å²) in [6, 6.07) is 0.688. The standard InChI is InChI=1S/C16H31NO2/c1-3-5-15(17-9-4-2)14-6-10-19-16(13-14)7-11-18-12-8-16/h14-15,17H,3-13H2,1-2H3. The Balaban J connectivity index is 1.93. The SMILES string of the molecule is CCCNC(CCC)C1CCOC2(CCOCC2)C1. The molecule has 0 saturated carbocycles. The molecule has 2 aliphatic rings. The van der Waals surface area contributed by atoms with Gasteiger partial charge in [-0.25, -0.2) is 0 Å². The summed E-state index contributed by atoms with van der Waals surface area (Å²) in [6.07, 6.45) is 8.45. The smallest absolute Gasteiger partial charge is 0.0729 e. The Morgan fingerprint density at radius 2 is 1.95 bits per heavy atom. The van der Waals surface area contributed by atoms with Gasteiger partial charge in [0.2, 0.25) is 0 Å². The molecule has 1 N–H and O–H groups in total. The van der Waals surface area contributed by atoms with Crippen LogP contribution in [0, 0.1) is 5.92 Å². The van der Waals surface area contributed by atoms with Crippen LogP contribution < -0.4 is 5.32 Å². The summed E-state index contributed by atoms with van der Waals surface area (Å²) in [7, 11) is 0. The molecular weight excluding hydrogens is 238 g/mol. The quantitative estimate of drug-likeness (QED) is 0.803. The highest BCUT2D eigenvalue weighted by Crippen LogP contribution is 2.38. The second-order valence-electron chi connectivity index (χ2n) is 6.25. The number of rotatable bonds is 6. The largest absolute Gasteiger partial charge is 0.381 e. The minimum atomic E-state index is 0.140. The molecule has 3 heteroatoms. The molecule has 0 aromatic heterocycles. The first-order valence-corrected chi connectivity index (χ1v) is 8.25. The molecule has 2 fully saturated rings. The molecule has 0 aliphatic carbocycles. The topological polar surface area (TPSA) is 30.5 Å². The maximum Gasteiger partial charge on any atom is 0.0729 e. The Labute approximate surface area is 118 Å². The van der Waals surface area contributed by atoms with Gasteiger partial charge in [-0.1, -0.05) is 20.3 Å². The molecule has 3 nitrogen and oxygen atoms in total. The third kappa shape index (κ3) is 4.17. The van der Waals surface area contributed by atoms with Gasteiger partial charge in [0.15, 0.2) is 0 Å². The highest BCUT2D eigenvalue weighted by Gasteiger charge is 2.40. The van der Waals surface area contributed by atoms with Gasteiger partial charge in [-0.3, -0.25) is 0 Å². The first-order valence-electron chi connectivity index (χ1n) is 8.25. The van der Waals surface area contributed by atoms with Gasteiger partial charge in [0, 0.05) is 25.9 Å². The zero-order valence-electron chi connectivity index (χ0n) is 12.7. The van der Waals surface area contributed by atoms with E-state index in [1.54, 1.807) is 0 Å². The van der Waals surface area contributed by atoms with Crippen LogP contribution in [0.5, 0.6) is 0 Å². The Morgan fingerprint density at radius 3 is 2.63 bits per heavy atom. The number of hydrogen-bond acceptors (Lipinski definition) is 3. The molecule has 2 saturated heterocycles. The maximum absolute atomic E-state index is 6.16. The molecule has 0 aromatic rings. The number of hydrogen-bond donors (Lipinski definition) is 1. The summed E-state index contributed by atoms with van der Waals surface area (Å²) >= 11 is 0. The van der Waals surface area contributed by atoms with E-state index in [4.69, 9.17) is 9.47 Å². The van der Waals surface area contributed by atoms with Crippen LogP contribution >= 0.6 is 0 Å². The van der Waals surface area contributed by atoms with Crippen LogP contribution in [0.4, 0.5) is 0 Å². The summed E-state index contributed by atoms with van der Waals surface area (Å²) in [4.78, 5) is 0. The molecule has 0 aromatic carbocycles. The second kappa shape index (κ2) is 7.61. The van der Waals surface area contributed by atoms with Crippen LogP contribution in [0.1, 0.15) is 58.8 Å². The van der Waals surface area contributed by atoms with Crippen molar-refractivity contribution in [1.82, 2.24) is 5.32 Å². The summed E-state index contributed by atoms with van der Waals surface area (Å²) in [5.41, 5.74) is 0.140. The van der Waals surface area contributed by atoms with Crippen molar-refractivity contribution in [2.75, 3.05) is 26.4 Å². The fourth-order valence-electron chi connectivity index (χ4n) is 3.65. The first-order chi connectivity index (χ1) is 9.29. The van der Waals surface area contributed by atoms with Gasteiger partial charge in [-0.2, -0.15) is 0 Å². The molecule has 2 rings (SSSR count). The molecule has 2 unspecified atom stereocenters. The number of ether oxygens (including phenoxy) is 2. The van der Waals surface area contributed by atoms with Crippen molar-refractivity contribution in [3.63, 3.8) is 0 Å². The van der Waals surface area contributed by atoms with E-state index >= 15 is 0 Å². The van der Waals surface area contributed by atoms with Crippen molar-refractivity contribution in [2.24, 2.45) is 5.92 Å². The highest BCUT2D eigenvalue weighted by atomic mass is 16.5. The van der Waals surface area contributed by atoms with E-state index in [-0.39, 0.29) is 5.60 Å². The first kappa shape index (κ1) is 15.3. The van der Waals surface area contributed by atoms with E-state index in [0.717, 1.165) is 45.1 Å². The molecule has 2 heterocycles. The highest BCUT2D eigenvalue weighted by molar-refractivity contribution is 4.92. The second-order valence-corrected chi connectivity index (χ2v) is 6.25. The maximum atomic E-state index is 6.16. The van der Waals surface area contributed by atoms with Gasteiger partial charge in [-0.05, 0) is 51.0 Å². The fourth-order valence-corrected chi connectivity index (χ4v) is 3.65. The molecule has 2 atom stereocenters. The van der Waals surface area contributed by atoms with E-state index in [1.807, 2.05) is 0 Å². The lowest BCUT2D eigenvalue weighted by Crippen LogP contribution is -2.49. The fraction of sp³-hybridized carbons (Fsp3) is 1.00. The Kier molecular flexibility index (Phi) is 6.11. The average molecular weight is 269 g/mol. The summed E-state index contributed by atoms with van der Waals surface area (Å²) in [6.45, 7) is 8.40. The Hall–Kier alpha value is -0.120. The van der Waals surface area contributed by atoms with E-state index in [2.05, 4.69) is 19.2 Å². The predicted molar refractivity (Wildman–Crippen MR) is 78.4 cm³/mol. The molecule has 1 spiro atoms. The normalized spacial score (nSPS) is 28.4. The monoisotopic (exact) mass is 269 g/mol. The van der Waals surface area contributed by atoms with Crippen LogP contribution in [0.25, 0.3) is 0 Å². The Bertz CT molecular complexity index is 246. The van der Waals surface area contributed by atoms with Crippen molar-refractivity contribution in [3.8, 4) is 0 Å². The van der Waals surface area contributed by atoms with Crippen molar-refractivity contribution in [1.29, 1.82) is 0 Å². The van der Waals surface area contributed by atoms with Gasteiger partial charge in [-0.15, -0.1) is 0 Å². The summed E-state index contributed by atoms with van der Waals surface area (Å²) in [5, 5.41) is 3.78. The molecule has 0 radical (unpaired) electrons. The lowest BCUT2D eigenvalue weighted by Gasteiger charge is -2.45. The van der Waals surface area contributed by atoms with Crippen LogP contribution in [0.15, 0.2) is 0 Å². The minimum absolute atomic E-state index is 0.140. The third-order valence-corrected chi connectivity index (χ3v) is 4.76. The van der Waals surface area contributed by atoms with E-state index in [1.165, 1.54) is 32.1 Å². The molecule has 2 aliphatic heterocycles. The third-order valence-electron chi connectivity index (χ3n) is 4.76. The van der Waals surface area contributed by atoms with Gasteiger partial charge in [0.25, 0.3) is 0 Å². The molecular formula is C16H31NO2. The van der Waals surface area contributed by atoms with Crippen molar-refractivity contribution in [2.45, 2.75) is 70.4 Å². The van der Waals surface area contributed by atoms with Crippen molar-refractivity contribution in [3.05, 3.63) is 0 Å². The molecule has 19 heavy (non-hydrogen) atoms. The molecule has 112 valence electrons. The Morgan fingerprint density at radius 1 is 1.16 bits per heavy atom. The zero-order chi connectivity index (χ0) is 13.6. The molecule has 0 bridgehead atoms. The van der Waals surface area contributed by atoms with Crippen LogP contribution in [0.2, 0.25) is 0 Å². The molecule has 0 amide bonds. The van der Waals surface area contributed by atoms with Gasteiger partial charge >= 0.3 is 0 Å². The summed E-state index contributed by atoms with van der Waals surface area (Å²) < 4.78 is 11.7. The van der Waals surface area contributed by atoms with Gasteiger partial charge < -0.3 is 14.8 Å². The van der Waals surface area contributed by atoms with E-state index in [9.17, 15) is 0 Å². The summed E-state index contributed by atoms with van der Waals surface area (Å²) in [5.74, 6) is 0.790. The number of nitrogens with one attached hydrogen (secondary N) is 1. The average Bonchev–Trinajstić information content (AvgIpc) is 2.44. The van der Waals surface area contributed by atoms with Crippen molar-refractivity contribution >= 4 is 0 Å². The van der Waals surface area contributed by atoms with Crippen LogP contribution in [0.3, 0.4) is 0 Å². The van der Waals surface area contributed by atoms with Crippen LogP contribution in [-0.2, 0) is 9.47 Å². The lowest BCUT2D eigenvalue weighted by atomic mass is 9.77. The van der Waals surface area contributed by atoms with E-state index < -0.39 is 0 Å². The zero-order valence-corrected chi connectivity index (χ0v) is 12.7. The minimum Gasteiger partial charge on any atom is -0.381 e.